The first-order valence-electron chi connectivity index (χ1n) is 5.18. The van der Waals surface area contributed by atoms with E-state index in [4.69, 9.17) is 10.8 Å². The molecule has 98 valence electrons. The van der Waals surface area contributed by atoms with Crippen LogP contribution in [0, 0.1) is 0 Å². The first kappa shape index (κ1) is 13.8. The summed E-state index contributed by atoms with van der Waals surface area (Å²) >= 11 is 6.77. The van der Waals surface area contributed by atoms with E-state index in [-0.39, 0.29) is 11.3 Å². The quantitative estimate of drug-likeness (QED) is 0.749. The number of nitrogens with one attached hydrogen (secondary N) is 1. The number of aromatic carboxylic acids is 1. The Morgan fingerprint density at radius 3 is 2.68 bits per heavy atom. The molecule has 1 heterocycles. The lowest BCUT2D eigenvalue weighted by Crippen LogP contribution is -2.04. The minimum absolute atomic E-state index is 0.0522. The number of anilines is 3. The van der Waals surface area contributed by atoms with Crippen LogP contribution in [-0.4, -0.2) is 16.1 Å². The van der Waals surface area contributed by atoms with E-state index in [1.54, 1.807) is 0 Å². The SMILES string of the molecule is Nc1cc(C(=O)O)cnc1Nc1cc(Br)ccc1Br. The van der Waals surface area contributed by atoms with Crippen LogP contribution in [0.15, 0.2) is 39.4 Å². The summed E-state index contributed by atoms with van der Waals surface area (Å²) < 4.78 is 1.75. The number of halogens is 2. The molecular weight excluding hydrogens is 378 g/mol. The van der Waals surface area contributed by atoms with Gasteiger partial charge in [0.2, 0.25) is 0 Å². The Bertz CT molecular complexity index is 647. The molecule has 0 atom stereocenters. The molecular formula is C12H9Br2N3O2. The summed E-state index contributed by atoms with van der Waals surface area (Å²) in [4.78, 5) is 14.8. The number of nitrogens with zero attached hydrogens (tertiary/aromatic N) is 1. The fourth-order valence-electron chi connectivity index (χ4n) is 1.42. The second-order valence-corrected chi connectivity index (χ2v) is 5.49. The topological polar surface area (TPSA) is 88.2 Å². The van der Waals surface area contributed by atoms with Crippen LogP contribution in [0.1, 0.15) is 10.4 Å². The number of carbonyl (C=O) groups is 1. The van der Waals surface area contributed by atoms with E-state index >= 15 is 0 Å². The van der Waals surface area contributed by atoms with E-state index in [9.17, 15) is 4.79 Å². The number of carboxylic acid groups (broad SMARTS) is 1. The van der Waals surface area contributed by atoms with E-state index in [2.05, 4.69) is 42.2 Å². The van der Waals surface area contributed by atoms with Crippen LogP contribution in [0.3, 0.4) is 0 Å². The molecule has 7 heteroatoms. The smallest absolute Gasteiger partial charge is 0.337 e. The largest absolute Gasteiger partial charge is 0.478 e. The summed E-state index contributed by atoms with van der Waals surface area (Å²) in [6.07, 6.45) is 1.26. The summed E-state index contributed by atoms with van der Waals surface area (Å²) in [7, 11) is 0. The van der Waals surface area contributed by atoms with Crippen molar-refractivity contribution in [3.05, 3.63) is 45.0 Å². The molecule has 0 spiro atoms. The Hall–Kier alpha value is -1.60. The Labute approximate surface area is 126 Å². The minimum atomic E-state index is -1.06. The minimum Gasteiger partial charge on any atom is -0.478 e. The number of nitrogen functional groups attached to an aromatic ring is 1. The molecule has 0 aliphatic rings. The van der Waals surface area contributed by atoms with Crippen molar-refractivity contribution in [2.45, 2.75) is 0 Å². The predicted octanol–water partition coefficient (Wildman–Crippen LogP) is 3.63. The van der Waals surface area contributed by atoms with E-state index in [1.165, 1.54) is 12.3 Å². The van der Waals surface area contributed by atoms with Crippen LogP contribution < -0.4 is 11.1 Å². The summed E-state index contributed by atoms with van der Waals surface area (Å²) in [6.45, 7) is 0. The van der Waals surface area contributed by atoms with Gasteiger partial charge < -0.3 is 16.2 Å². The molecule has 0 aliphatic carbocycles. The molecule has 1 aromatic carbocycles. The van der Waals surface area contributed by atoms with Crippen molar-refractivity contribution in [3.8, 4) is 0 Å². The van der Waals surface area contributed by atoms with Crippen LogP contribution in [-0.2, 0) is 0 Å². The highest BCUT2D eigenvalue weighted by Crippen LogP contribution is 2.30. The molecule has 4 N–H and O–H groups in total. The molecule has 0 saturated heterocycles. The van der Waals surface area contributed by atoms with Crippen LogP contribution >= 0.6 is 31.9 Å². The van der Waals surface area contributed by atoms with Gasteiger partial charge in [0.1, 0.15) is 0 Å². The van der Waals surface area contributed by atoms with Crippen molar-refractivity contribution in [3.63, 3.8) is 0 Å². The summed E-state index contributed by atoms with van der Waals surface area (Å²) in [5, 5.41) is 11.9. The molecule has 0 saturated carbocycles. The van der Waals surface area contributed by atoms with Crippen LogP contribution in [0.2, 0.25) is 0 Å². The van der Waals surface area contributed by atoms with Gasteiger partial charge in [-0.2, -0.15) is 0 Å². The van der Waals surface area contributed by atoms with Crippen molar-refractivity contribution in [1.82, 2.24) is 4.98 Å². The number of benzene rings is 1. The zero-order chi connectivity index (χ0) is 14.0. The highest BCUT2D eigenvalue weighted by atomic mass is 79.9. The van der Waals surface area contributed by atoms with Crippen molar-refractivity contribution in [2.75, 3.05) is 11.1 Å². The average Bonchev–Trinajstić information content (AvgIpc) is 2.36. The number of carboxylic acids is 1. The molecule has 0 amide bonds. The van der Waals surface area contributed by atoms with Gasteiger partial charge in [0.25, 0.3) is 0 Å². The Morgan fingerprint density at radius 2 is 2.05 bits per heavy atom. The number of nitrogens with two attached hydrogens (primary N) is 1. The summed E-state index contributed by atoms with van der Waals surface area (Å²) in [6, 6.07) is 6.98. The van der Waals surface area contributed by atoms with E-state index in [0.717, 1.165) is 14.6 Å². The maximum Gasteiger partial charge on any atom is 0.337 e. The lowest BCUT2D eigenvalue weighted by molar-refractivity contribution is 0.0696. The molecule has 0 unspecified atom stereocenters. The standard InChI is InChI=1S/C12H9Br2N3O2/c13-7-1-2-8(14)10(4-7)17-11-9(15)3-6(5-16-11)12(18)19/h1-5H,15H2,(H,16,17)(H,18,19). The number of hydrogen-bond donors (Lipinski definition) is 3. The van der Waals surface area contributed by atoms with Gasteiger partial charge in [0, 0.05) is 15.1 Å². The molecule has 0 aliphatic heterocycles. The predicted molar refractivity (Wildman–Crippen MR) is 80.7 cm³/mol. The van der Waals surface area contributed by atoms with Gasteiger partial charge in [0.15, 0.2) is 5.82 Å². The van der Waals surface area contributed by atoms with Gasteiger partial charge in [-0.25, -0.2) is 9.78 Å². The van der Waals surface area contributed by atoms with Crippen molar-refractivity contribution < 1.29 is 9.90 Å². The number of hydrogen-bond acceptors (Lipinski definition) is 4. The first-order chi connectivity index (χ1) is 8.97. The Balaban J connectivity index is 2.33. The number of rotatable bonds is 3. The molecule has 0 bridgehead atoms. The van der Waals surface area contributed by atoms with Gasteiger partial charge >= 0.3 is 5.97 Å². The fourth-order valence-corrected chi connectivity index (χ4v) is 2.13. The fraction of sp³-hybridized carbons (Fsp3) is 0. The van der Waals surface area contributed by atoms with E-state index in [1.807, 2.05) is 18.2 Å². The monoisotopic (exact) mass is 385 g/mol. The Kier molecular flexibility index (Phi) is 4.06. The molecule has 0 radical (unpaired) electrons. The van der Waals surface area contributed by atoms with Crippen LogP contribution in [0.25, 0.3) is 0 Å². The molecule has 5 nitrogen and oxygen atoms in total. The van der Waals surface area contributed by atoms with Gasteiger partial charge in [-0.15, -0.1) is 0 Å². The normalized spacial score (nSPS) is 10.2. The third-order valence-corrected chi connectivity index (χ3v) is 3.53. The van der Waals surface area contributed by atoms with Crippen molar-refractivity contribution >= 4 is 55.0 Å². The number of pyridine rings is 1. The second kappa shape index (κ2) is 5.58. The third-order valence-electron chi connectivity index (χ3n) is 2.35. The lowest BCUT2D eigenvalue weighted by Gasteiger charge is -2.10. The van der Waals surface area contributed by atoms with Crippen LogP contribution in [0.4, 0.5) is 17.2 Å². The zero-order valence-corrected chi connectivity index (χ0v) is 12.7. The average molecular weight is 387 g/mol. The van der Waals surface area contributed by atoms with E-state index < -0.39 is 5.97 Å². The Morgan fingerprint density at radius 1 is 1.32 bits per heavy atom. The first-order valence-corrected chi connectivity index (χ1v) is 6.77. The maximum absolute atomic E-state index is 10.8. The van der Waals surface area contributed by atoms with Gasteiger partial charge in [-0.05, 0) is 40.2 Å². The molecule has 2 rings (SSSR count). The van der Waals surface area contributed by atoms with E-state index in [0.29, 0.717) is 5.82 Å². The zero-order valence-electron chi connectivity index (χ0n) is 9.52. The lowest BCUT2D eigenvalue weighted by atomic mass is 10.2. The van der Waals surface area contributed by atoms with Crippen LogP contribution in [0.5, 0.6) is 0 Å². The molecule has 19 heavy (non-hydrogen) atoms. The number of aromatic nitrogens is 1. The highest BCUT2D eigenvalue weighted by molar-refractivity contribution is 9.11. The maximum atomic E-state index is 10.8. The third kappa shape index (κ3) is 3.24. The second-order valence-electron chi connectivity index (χ2n) is 3.72. The molecule has 2 aromatic rings. The van der Waals surface area contributed by atoms with Crippen molar-refractivity contribution in [2.24, 2.45) is 0 Å². The summed E-state index contributed by atoms with van der Waals surface area (Å²) in [5.41, 5.74) is 6.88. The van der Waals surface area contributed by atoms with Gasteiger partial charge in [-0.1, -0.05) is 15.9 Å². The van der Waals surface area contributed by atoms with Crippen molar-refractivity contribution in [1.29, 1.82) is 0 Å². The molecule has 1 aromatic heterocycles. The van der Waals surface area contributed by atoms with Gasteiger partial charge in [-0.3, -0.25) is 0 Å². The summed E-state index contributed by atoms with van der Waals surface area (Å²) in [5.74, 6) is -0.654. The highest BCUT2D eigenvalue weighted by Gasteiger charge is 2.09. The molecule has 0 fully saturated rings. The van der Waals surface area contributed by atoms with Gasteiger partial charge in [0.05, 0.1) is 16.9 Å².